The lowest BCUT2D eigenvalue weighted by Crippen LogP contribution is -2.52. The minimum atomic E-state index is -1.09. The third kappa shape index (κ3) is 5.34. The van der Waals surface area contributed by atoms with E-state index in [1.54, 1.807) is 23.2 Å². The number of benzene rings is 1. The van der Waals surface area contributed by atoms with Gasteiger partial charge in [0.1, 0.15) is 29.7 Å². The van der Waals surface area contributed by atoms with Crippen LogP contribution < -0.4 is 5.73 Å². The van der Waals surface area contributed by atoms with E-state index in [-0.39, 0.29) is 11.5 Å². The highest BCUT2D eigenvalue weighted by Gasteiger charge is 2.46. The number of aliphatic hydroxyl groups is 2. The van der Waals surface area contributed by atoms with Gasteiger partial charge in [-0.1, -0.05) is 26.8 Å². The number of rotatable bonds is 8. The van der Waals surface area contributed by atoms with Gasteiger partial charge in [0.25, 0.3) is 0 Å². The average Bonchev–Trinajstić information content (AvgIpc) is 3.58. The Morgan fingerprint density at radius 1 is 1.15 bits per heavy atom. The van der Waals surface area contributed by atoms with Gasteiger partial charge in [-0.05, 0) is 68.2 Å². The summed E-state index contributed by atoms with van der Waals surface area (Å²) in [4.78, 5) is 19.5. The average molecular weight is 562 g/mol. The molecule has 1 aliphatic carbocycles. The highest BCUT2D eigenvalue weighted by atomic mass is 16.6. The molecule has 6 rings (SSSR count). The molecule has 10 heteroatoms. The third-order valence-corrected chi connectivity index (χ3v) is 9.02. The molecule has 3 aromatic heterocycles. The molecule has 5 N–H and O–H groups in total. The fourth-order valence-corrected chi connectivity index (χ4v) is 6.43. The molecule has 4 atom stereocenters. The van der Waals surface area contributed by atoms with Crippen molar-refractivity contribution in [3.63, 3.8) is 0 Å². The van der Waals surface area contributed by atoms with Crippen LogP contribution in [0.2, 0.25) is 0 Å². The molecule has 10 nitrogen and oxygen atoms in total. The number of nitrogens with one attached hydrogen (secondary N) is 1. The number of H-pyrrole nitrogens is 1. The van der Waals surface area contributed by atoms with Crippen LogP contribution in [-0.2, 0) is 16.6 Å². The van der Waals surface area contributed by atoms with Crippen molar-refractivity contribution < 1.29 is 14.9 Å². The molecular formula is C31H43N7O3. The zero-order valence-corrected chi connectivity index (χ0v) is 24.7. The highest BCUT2D eigenvalue weighted by molar-refractivity contribution is 5.83. The first-order valence-corrected chi connectivity index (χ1v) is 14.8. The number of nitrogens with zero attached hydrogens (tertiary/aromatic N) is 5. The van der Waals surface area contributed by atoms with Crippen LogP contribution in [0.25, 0.3) is 22.2 Å². The second-order valence-electron chi connectivity index (χ2n) is 13.3. The fourth-order valence-electron chi connectivity index (χ4n) is 6.43. The summed E-state index contributed by atoms with van der Waals surface area (Å²) < 4.78 is 7.92. The van der Waals surface area contributed by atoms with E-state index in [0.29, 0.717) is 35.4 Å². The summed E-state index contributed by atoms with van der Waals surface area (Å²) in [6.07, 6.45) is 4.02. The maximum absolute atomic E-state index is 10.9. The van der Waals surface area contributed by atoms with Crippen LogP contribution in [0.5, 0.6) is 0 Å². The molecule has 0 radical (unpaired) electrons. The van der Waals surface area contributed by atoms with E-state index >= 15 is 0 Å². The summed E-state index contributed by atoms with van der Waals surface area (Å²) in [7, 11) is 0. The molecule has 1 aliphatic heterocycles. The first-order valence-electron chi connectivity index (χ1n) is 14.8. The molecule has 1 aromatic carbocycles. The van der Waals surface area contributed by atoms with Gasteiger partial charge in [0.05, 0.1) is 23.0 Å². The summed E-state index contributed by atoms with van der Waals surface area (Å²) in [5.74, 6) is 1.70. The van der Waals surface area contributed by atoms with Crippen LogP contribution in [0.1, 0.15) is 71.5 Å². The maximum atomic E-state index is 10.9. The number of aromatic nitrogens is 5. The number of pyridine rings is 1. The minimum Gasteiger partial charge on any atom is -0.397 e. The Hall–Kier alpha value is -3.05. The quantitative estimate of drug-likeness (QED) is 0.254. The van der Waals surface area contributed by atoms with Crippen LogP contribution in [0, 0.1) is 5.92 Å². The molecule has 4 heterocycles. The minimum absolute atomic E-state index is 0.106. The van der Waals surface area contributed by atoms with Crippen LogP contribution in [0.3, 0.4) is 0 Å². The van der Waals surface area contributed by atoms with Crippen molar-refractivity contribution in [1.29, 1.82) is 0 Å². The van der Waals surface area contributed by atoms with E-state index in [1.165, 1.54) is 5.56 Å². The molecule has 0 spiro atoms. The molecule has 2 aliphatic rings. The molecule has 41 heavy (non-hydrogen) atoms. The summed E-state index contributed by atoms with van der Waals surface area (Å²) >= 11 is 0. The Kier molecular flexibility index (Phi) is 7.30. The molecule has 1 saturated heterocycles. The van der Waals surface area contributed by atoms with E-state index in [4.69, 9.17) is 15.5 Å². The summed E-state index contributed by atoms with van der Waals surface area (Å²) in [6.45, 7) is 11.6. The number of anilines is 1. The summed E-state index contributed by atoms with van der Waals surface area (Å²) in [5, 5.41) is 21.9. The smallest absolute Gasteiger partial charge is 0.165 e. The van der Waals surface area contributed by atoms with Crippen molar-refractivity contribution in [2.24, 2.45) is 5.92 Å². The van der Waals surface area contributed by atoms with E-state index in [1.807, 2.05) is 0 Å². The van der Waals surface area contributed by atoms with E-state index in [2.05, 4.69) is 72.7 Å². The maximum Gasteiger partial charge on any atom is 0.165 e. The van der Waals surface area contributed by atoms with Crippen molar-refractivity contribution in [2.45, 2.75) is 102 Å². The first kappa shape index (κ1) is 28.1. The van der Waals surface area contributed by atoms with Gasteiger partial charge in [0, 0.05) is 31.2 Å². The van der Waals surface area contributed by atoms with Crippen LogP contribution >= 0.6 is 0 Å². The van der Waals surface area contributed by atoms with Gasteiger partial charge < -0.3 is 25.7 Å². The lowest BCUT2D eigenvalue weighted by molar-refractivity contribution is -0.0620. The zero-order chi connectivity index (χ0) is 29.1. The number of hydrogen-bond donors (Lipinski definition) is 4. The van der Waals surface area contributed by atoms with Crippen LogP contribution in [-0.4, -0.2) is 76.6 Å². The SMILES string of the molecule is CC(C)N(CC1OC(n2cnc3c(N)ccnc32)C(O)C1O)C1CC(CCc2nc3cc(C(C)(C)C)ccc3[nH]2)C1. The Balaban J connectivity index is 1.06. The van der Waals surface area contributed by atoms with Crippen molar-refractivity contribution >= 4 is 27.9 Å². The second-order valence-corrected chi connectivity index (χ2v) is 13.3. The topological polar surface area (TPSA) is 138 Å². The first-order chi connectivity index (χ1) is 19.5. The fraction of sp³-hybridized carbons (Fsp3) is 0.581. The molecule has 2 fully saturated rings. The number of aromatic amines is 1. The lowest BCUT2D eigenvalue weighted by Gasteiger charge is -2.46. The predicted molar refractivity (Wildman–Crippen MR) is 159 cm³/mol. The third-order valence-electron chi connectivity index (χ3n) is 9.02. The van der Waals surface area contributed by atoms with Crippen LogP contribution in [0.15, 0.2) is 36.8 Å². The molecule has 4 aromatic rings. The Bertz CT molecular complexity index is 1520. The van der Waals surface area contributed by atoms with E-state index in [0.717, 1.165) is 42.5 Å². The largest absolute Gasteiger partial charge is 0.397 e. The monoisotopic (exact) mass is 561 g/mol. The zero-order valence-electron chi connectivity index (χ0n) is 24.7. The second kappa shape index (κ2) is 10.7. The van der Waals surface area contributed by atoms with Gasteiger partial charge in [-0.15, -0.1) is 0 Å². The molecule has 0 bridgehead atoms. The standard InChI is InChI=1S/C31H43N7O3/c1-17(2)37(15-24-27(39)28(40)30(41-24)38-16-34-26-21(32)10-11-33-29(26)38)20-12-18(13-20)6-9-25-35-22-8-7-19(31(3,4)5)14-23(22)36-25/h7-8,10-11,14,16-18,20,24,27-28,30,39-40H,6,9,12-13,15H2,1-5H3,(H2,32,33)(H,35,36). The Labute approximate surface area is 240 Å². The van der Waals surface area contributed by atoms with Crippen molar-refractivity contribution in [1.82, 2.24) is 29.4 Å². The highest BCUT2D eigenvalue weighted by Crippen LogP contribution is 2.38. The summed E-state index contributed by atoms with van der Waals surface area (Å²) in [5.41, 5.74) is 11.2. The normalized spacial score (nSPS) is 27.0. The number of imidazole rings is 2. The number of aryl methyl sites for hydroxylation is 1. The van der Waals surface area contributed by atoms with Gasteiger partial charge in [0.2, 0.25) is 0 Å². The van der Waals surface area contributed by atoms with Crippen molar-refractivity contribution in [3.05, 3.63) is 48.2 Å². The number of hydrogen-bond acceptors (Lipinski definition) is 8. The summed E-state index contributed by atoms with van der Waals surface area (Å²) in [6, 6.07) is 8.95. The molecule has 0 amide bonds. The van der Waals surface area contributed by atoms with Crippen molar-refractivity contribution in [3.8, 4) is 0 Å². The predicted octanol–water partition coefficient (Wildman–Crippen LogP) is 3.93. The van der Waals surface area contributed by atoms with E-state index in [9.17, 15) is 10.2 Å². The molecule has 1 saturated carbocycles. The van der Waals surface area contributed by atoms with Gasteiger partial charge in [-0.3, -0.25) is 9.47 Å². The van der Waals surface area contributed by atoms with E-state index < -0.39 is 24.5 Å². The van der Waals surface area contributed by atoms with Gasteiger partial charge >= 0.3 is 0 Å². The number of nitrogens with two attached hydrogens (primary N) is 1. The van der Waals surface area contributed by atoms with Crippen molar-refractivity contribution in [2.75, 3.05) is 12.3 Å². The number of fused-ring (bicyclic) bond motifs is 2. The number of ether oxygens (including phenoxy) is 1. The molecule has 220 valence electrons. The Morgan fingerprint density at radius 3 is 2.66 bits per heavy atom. The van der Waals surface area contributed by atoms with Gasteiger partial charge in [-0.25, -0.2) is 15.0 Å². The number of aliphatic hydroxyl groups excluding tert-OH is 2. The van der Waals surface area contributed by atoms with Gasteiger partial charge in [0.15, 0.2) is 11.9 Å². The van der Waals surface area contributed by atoms with Crippen LogP contribution in [0.4, 0.5) is 5.69 Å². The number of nitrogen functional groups attached to an aromatic ring is 1. The lowest BCUT2D eigenvalue weighted by atomic mass is 9.76. The molecular weight excluding hydrogens is 518 g/mol. The molecule has 4 unspecified atom stereocenters. The van der Waals surface area contributed by atoms with Gasteiger partial charge in [-0.2, -0.15) is 0 Å². The Morgan fingerprint density at radius 2 is 1.93 bits per heavy atom.